The van der Waals surface area contributed by atoms with Crippen LogP contribution in [-0.2, 0) is 4.79 Å². The number of rotatable bonds is 3. The average Bonchev–Trinajstić information content (AvgIpc) is 2.98. The minimum Gasteiger partial charge on any atom is -0.352 e. The Bertz CT molecular complexity index is 428. The minimum atomic E-state index is -0.304. The van der Waals surface area contributed by atoms with Gasteiger partial charge < -0.3 is 10.2 Å². The van der Waals surface area contributed by atoms with Gasteiger partial charge in [-0.25, -0.2) is 0 Å². The van der Waals surface area contributed by atoms with E-state index >= 15 is 0 Å². The van der Waals surface area contributed by atoms with E-state index in [1.165, 1.54) is 11.3 Å². The van der Waals surface area contributed by atoms with Crippen molar-refractivity contribution in [2.75, 3.05) is 6.54 Å². The lowest BCUT2D eigenvalue weighted by molar-refractivity contribution is -0.125. The largest absolute Gasteiger partial charge is 0.352 e. The van der Waals surface area contributed by atoms with E-state index in [-0.39, 0.29) is 23.9 Å². The molecule has 0 spiro atoms. The van der Waals surface area contributed by atoms with Crippen molar-refractivity contribution < 1.29 is 9.59 Å². The molecule has 1 aliphatic rings. The van der Waals surface area contributed by atoms with Crippen LogP contribution in [0.4, 0.5) is 0 Å². The van der Waals surface area contributed by atoms with Crippen molar-refractivity contribution in [1.29, 1.82) is 0 Å². The molecule has 1 fully saturated rings. The van der Waals surface area contributed by atoms with Gasteiger partial charge in [-0.1, -0.05) is 6.07 Å². The maximum Gasteiger partial charge on any atom is 0.264 e. The highest BCUT2D eigenvalue weighted by Crippen LogP contribution is 2.22. The highest BCUT2D eigenvalue weighted by molar-refractivity contribution is 7.12. The Morgan fingerprint density at radius 1 is 1.50 bits per heavy atom. The average molecular weight is 266 g/mol. The smallest absolute Gasteiger partial charge is 0.264 e. The van der Waals surface area contributed by atoms with E-state index in [2.05, 4.69) is 5.32 Å². The fraction of sp³-hybridized carbons (Fsp3) is 0.538. The van der Waals surface area contributed by atoms with Crippen molar-refractivity contribution >= 4 is 23.2 Å². The molecule has 0 aliphatic carbocycles. The first-order chi connectivity index (χ1) is 8.59. The molecule has 0 aromatic carbocycles. The van der Waals surface area contributed by atoms with Crippen molar-refractivity contribution in [3.05, 3.63) is 22.4 Å². The molecule has 98 valence electrons. The van der Waals surface area contributed by atoms with E-state index in [1.807, 2.05) is 31.4 Å². The molecule has 1 aromatic heterocycles. The second-order valence-corrected chi connectivity index (χ2v) is 5.74. The van der Waals surface area contributed by atoms with Gasteiger partial charge in [0.2, 0.25) is 5.91 Å². The molecule has 1 aliphatic heterocycles. The lowest BCUT2D eigenvalue weighted by Gasteiger charge is -2.24. The number of carbonyl (C=O) groups excluding carboxylic acids is 2. The molecule has 2 amide bonds. The third kappa shape index (κ3) is 2.72. The van der Waals surface area contributed by atoms with Crippen LogP contribution in [0.1, 0.15) is 36.4 Å². The van der Waals surface area contributed by atoms with Gasteiger partial charge >= 0.3 is 0 Å². The van der Waals surface area contributed by atoms with Crippen LogP contribution in [0.5, 0.6) is 0 Å². The molecular formula is C13H18N2O2S. The Kier molecular flexibility index (Phi) is 4.01. The van der Waals surface area contributed by atoms with Crippen LogP contribution < -0.4 is 5.32 Å². The van der Waals surface area contributed by atoms with Crippen LogP contribution in [0.2, 0.25) is 0 Å². The lowest BCUT2D eigenvalue weighted by atomic mass is 10.2. The zero-order chi connectivity index (χ0) is 13.1. The van der Waals surface area contributed by atoms with Gasteiger partial charge in [0.05, 0.1) is 4.88 Å². The molecule has 0 saturated carbocycles. The van der Waals surface area contributed by atoms with Crippen LogP contribution in [0, 0.1) is 0 Å². The molecule has 0 radical (unpaired) electrons. The summed E-state index contributed by atoms with van der Waals surface area (Å²) in [7, 11) is 0. The van der Waals surface area contributed by atoms with E-state index < -0.39 is 0 Å². The fourth-order valence-electron chi connectivity index (χ4n) is 2.20. The van der Waals surface area contributed by atoms with Crippen LogP contribution >= 0.6 is 11.3 Å². The topological polar surface area (TPSA) is 49.4 Å². The summed E-state index contributed by atoms with van der Waals surface area (Å²) in [4.78, 5) is 26.7. The molecule has 5 heteroatoms. The van der Waals surface area contributed by atoms with Gasteiger partial charge in [-0.15, -0.1) is 11.3 Å². The third-order valence-electron chi connectivity index (χ3n) is 2.98. The number of hydrogen-bond acceptors (Lipinski definition) is 3. The number of thiophene rings is 1. The van der Waals surface area contributed by atoms with Crippen LogP contribution in [0.25, 0.3) is 0 Å². The number of nitrogens with one attached hydrogen (secondary N) is 1. The van der Waals surface area contributed by atoms with Crippen molar-refractivity contribution in [3.8, 4) is 0 Å². The first-order valence-corrected chi connectivity index (χ1v) is 7.12. The molecule has 2 heterocycles. The summed E-state index contributed by atoms with van der Waals surface area (Å²) < 4.78 is 0. The second kappa shape index (κ2) is 5.52. The van der Waals surface area contributed by atoms with Crippen LogP contribution in [0.3, 0.4) is 0 Å². The molecule has 0 bridgehead atoms. The summed E-state index contributed by atoms with van der Waals surface area (Å²) in [5.74, 6) is -0.0567. The molecule has 1 atom stereocenters. The predicted molar refractivity (Wildman–Crippen MR) is 71.7 cm³/mol. The lowest BCUT2D eigenvalue weighted by Crippen LogP contribution is -2.47. The second-order valence-electron chi connectivity index (χ2n) is 4.80. The van der Waals surface area contributed by atoms with Gasteiger partial charge in [-0.05, 0) is 38.1 Å². The van der Waals surface area contributed by atoms with Crippen molar-refractivity contribution in [2.24, 2.45) is 0 Å². The van der Waals surface area contributed by atoms with Crippen molar-refractivity contribution in [1.82, 2.24) is 10.2 Å². The Labute approximate surface area is 111 Å². The molecule has 2 rings (SSSR count). The third-order valence-corrected chi connectivity index (χ3v) is 3.84. The number of amides is 2. The minimum absolute atomic E-state index is 0.0218. The molecule has 1 saturated heterocycles. The van der Waals surface area contributed by atoms with E-state index in [0.717, 1.165) is 12.8 Å². The van der Waals surface area contributed by atoms with Crippen molar-refractivity contribution in [3.63, 3.8) is 0 Å². The molecule has 4 nitrogen and oxygen atoms in total. The number of carbonyl (C=O) groups is 2. The van der Waals surface area contributed by atoms with Gasteiger partial charge in [-0.2, -0.15) is 0 Å². The number of nitrogens with zero attached hydrogens (tertiary/aromatic N) is 1. The summed E-state index contributed by atoms with van der Waals surface area (Å²) in [5.41, 5.74) is 0. The Morgan fingerprint density at radius 2 is 2.28 bits per heavy atom. The van der Waals surface area contributed by atoms with Gasteiger partial charge in [0, 0.05) is 12.6 Å². The summed E-state index contributed by atoms with van der Waals surface area (Å²) in [6, 6.07) is 3.47. The van der Waals surface area contributed by atoms with Crippen LogP contribution in [-0.4, -0.2) is 35.3 Å². The summed E-state index contributed by atoms with van der Waals surface area (Å²) in [5, 5.41) is 4.77. The van der Waals surface area contributed by atoms with Gasteiger partial charge in [-0.3, -0.25) is 9.59 Å². The SMILES string of the molecule is CC(C)NC(=O)C1CCCN1C(=O)c1cccs1. The van der Waals surface area contributed by atoms with E-state index in [0.29, 0.717) is 11.4 Å². The maximum atomic E-state index is 12.3. The monoisotopic (exact) mass is 266 g/mol. The first-order valence-electron chi connectivity index (χ1n) is 6.24. The Hall–Kier alpha value is -1.36. The molecular weight excluding hydrogens is 248 g/mol. The summed E-state index contributed by atoms with van der Waals surface area (Å²) in [6.07, 6.45) is 1.66. The summed E-state index contributed by atoms with van der Waals surface area (Å²) in [6.45, 7) is 4.53. The van der Waals surface area contributed by atoms with E-state index in [9.17, 15) is 9.59 Å². The van der Waals surface area contributed by atoms with E-state index in [1.54, 1.807) is 4.90 Å². The zero-order valence-corrected chi connectivity index (χ0v) is 11.5. The predicted octanol–water partition coefficient (Wildman–Crippen LogP) is 1.88. The normalized spacial score (nSPS) is 19.3. The first kappa shape index (κ1) is 13.1. The van der Waals surface area contributed by atoms with Gasteiger partial charge in [0.15, 0.2) is 0 Å². The quantitative estimate of drug-likeness (QED) is 0.908. The zero-order valence-electron chi connectivity index (χ0n) is 10.7. The number of hydrogen-bond donors (Lipinski definition) is 1. The summed E-state index contributed by atoms with van der Waals surface area (Å²) >= 11 is 1.42. The van der Waals surface area contributed by atoms with Crippen molar-refractivity contribution in [2.45, 2.75) is 38.8 Å². The van der Waals surface area contributed by atoms with E-state index in [4.69, 9.17) is 0 Å². The van der Waals surface area contributed by atoms with Gasteiger partial charge in [0.1, 0.15) is 6.04 Å². The standard InChI is InChI=1S/C13H18N2O2S/c1-9(2)14-12(16)10-5-3-7-15(10)13(17)11-6-4-8-18-11/h4,6,8-10H,3,5,7H2,1-2H3,(H,14,16). The molecule has 1 aromatic rings. The fourth-order valence-corrected chi connectivity index (χ4v) is 2.88. The Morgan fingerprint density at radius 3 is 2.89 bits per heavy atom. The maximum absolute atomic E-state index is 12.3. The molecule has 1 N–H and O–H groups in total. The van der Waals surface area contributed by atoms with Gasteiger partial charge in [0.25, 0.3) is 5.91 Å². The highest BCUT2D eigenvalue weighted by Gasteiger charge is 2.34. The highest BCUT2D eigenvalue weighted by atomic mass is 32.1. The molecule has 18 heavy (non-hydrogen) atoms. The Balaban J connectivity index is 2.08. The van der Waals surface area contributed by atoms with Crippen LogP contribution in [0.15, 0.2) is 17.5 Å². The number of likely N-dealkylation sites (tertiary alicyclic amines) is 1. The molecule has 1 unspecified atom stereocenters.